The van der Waals surface area contributed by atoms with Crippen molar-refractivity contribution in [3.63, 3.8) is 0 Å². The molecular formula is C12H16BrN3O7. The van der Waals surface area contributed by atoms with E-state index in [9.17, 15) is 14.4 Å². The fourth-order valence-corrected chi connectivity index (χ4v) is 2.66. The summed E-state index contributed by atoms with van der Waals surface area (Å²) in [5, 5.41) is 3.45. The number of carbonyl (C=O) groups is 3. The molecule has 1 rings (SSSR count). The van der Waals surface area contributed by atoms with Gasteiger partial charge in [-0.1, -0.05) is 21.0 Å². The zero-order valence-electron chi connectivity index (χ0n) is 12.7. The average molecular weight is 394 g/mol. The molecule has 0 unspecified atom stereocenters. The van der Waals surface area contributed by atoms with Crippen LogP contribution in [-0.2, 0) is 33.3 Å². The number of ether oxygens (including phenoxy) is 4. The van der Waals surface area contributed by atoms with Gasteiger partial charge in [0.1, 0.15) is 12.7 Å². The van der Waals surface area contributed by atoms with E-state index in [1.54, 1.807) is 0 Å². The Kier molecular flexibility index (Phi) is 7.27. The molecule has 1 heterocycles. The minimum absolute atomic E-state index is 0.262. The number of alkyl halides is 1. The second-order valence-corrected chi connectivity index (χ2v) is 5.72. The Bertz CT molecular complexity index is 523. The Morgan fingerprint density at radius 2 is 1.70 bits per heavy atom. The lowest BCUT2D eigenvalue weighted by atomic mass is 10.0. The normalized spacial score (nSPS) is 29.8. The van der Waals surface area contributed by atoms with Crippen LogP contribution < -0.4 is 0 Å². The molecule has 0 aromatic heterocycles. The van der Waals surface area contributed by atoms with E-state index in [0.717, 1.165) is 0 Å². The summed E-state index contributed by atoms with van der Waals surface area (Å²) in [6.07, 6.45) is -4.03. The highest BCUT2D eigenvalue weighted by Gasteiger charge is 2.49. The molecule has 0 aromatic rings. The lowest BCUT2D eigenvalue weighted by molar-refractivity contribution is -0.211. The van der Waals surface area contributed by atoms with Crippen LogP contribution in [0.4, 0.5) is 0 Å². The quantitative estimate of drug-likeness (QED) is 0.171. The van der Waals surface area contributed by atoms with Crippen molar-refractivity contribution in [2.24, 2.45) is 5.11 Å². The molecule has 0 spiro atoms. The molecule has 128 valence electrons. The highest BCUT2D eigenvalue weighted by molar-refractivity contribution is 9.09. The van der Waals surface area contributed by atoms with E-state index in [1.165, 1.54) is 20.8 Å². The summed E-state index contributed by atoms with van der Waals surface area (Å²) >= 11 is 3.22. The smallest absolute Gasteiger partial charge is 0.303 e. The maximum absolute atomic E-state index is 11.3. The molecule has 1 aliphatic heterocycles. The molecule has 0 amide bonds. The second-order valence-electron chi connectivity index (χ2n) is 4.67. The van der Waals surface area contributed by atoms with E-state index >= 15 is 0 Å². The monoisotopic (exact) mass is 393 g/mol. The molecule has 0 saturated carbocycles. The van der Waals surface area contributed by atoms with Gasteiger partial charge in [-0.2, -0.15) is 0 Å². The number of hydrogen-bond acceptors (Lipinski definition) is 8. The van der Waals surface area contributed by atoms with Gasteiger partial charge in [0.05, 0.1) is 4.83 Å². The Hall–Kier alpha value is -1.84. The molecule has 23 heavy (non-hydrogen) atoms. The first-order valence-corrected chi connectivity index (χ1v) is 7.49. The maximum atomic E-state index is 11.3. The molecule has 0 aliphatic carbocycles. The summed E-state index contributed by atoms with van der Waals surface area (Å²) < 4.78 is 20.7. The van der Waals surface area contributed by atoms with Gasteiger partial charge in [0.25, 0.3) is 0 Å². The van der Waals surface area contributed by atoms with Gasteiger partial charge < -0.3 is 18.9 Å². The fourth-order valence-electron chi connectivity index (χ4n) is 2.02. The largest absolute Gasteiger partial charge is 0.463 e. The van der Waals surface area contributed by atoms with Crippen molar-refractivity contribution in [1.82, 2.24) is 0 Å². The van der Waals surface area contributed by atoms with Crippen molar-refractivity contribution in [3.05, 3.63) is 10.4 Å². The summed E-state index contributed by atoms with van der Waals surface area (Å²) in [6, 6.07) is 0. The van der Waals surface area contributed by atoms with E-state index in [1.807, 2.05) is 0 Å². The molecule has 5 atom stereocenters. The highest BCUT2D eigenvalue weighted by atomic mass is 79.9. The number of halogens is 1. The summed E-state index contributed by atoms with van der Waals surface area (Å²) in [5.41, 5.74) is 8.60. The number of hydrogen-bond donors (Lipinski definition) is 0. The zero-order chi connectivity index (χ0) is 17.6. The van der Waals surface area contributed by atoms with Crippen LogP contribution in [0.5, 0.6) is 0 Å². The van der Waals surface area contributed by atoms with Crippen LogP contribution in [0.1, 0.15) is 20.8 Å². The maximum Gasteiger partial charge on any atom is 0.303 e. The molecule has 0 radical (unpaired) electrons. The zero-order valence-corrected chi connectivity index (χ0v) is 14.3. The Balaban J connectivity index is 3.09. The topological polar surface area (TPSA) is 137 Å². The lowest BCUT2D eigenvalue weighted by Gasteiger charge is -2.41. The molecule has 1 saturated heterocycles. The summed E-state index contributed by atoms with van der Waals surface area (Å²) in [5.74, 6) is -1.82. The van der Waals surface area contributed by atoms with Gasteiger partial charge in [-0.25, -0.2) is 0 Å². The minimum atomic E-state index is -1.04. The van der Waals surface area contributed by atoms with Crippen LogP contribution in [0.25, 0.3) is 10.4 Å². The van der Waals surface area contributed by atoms with Crippen LogP contribution in [0.15, 0.2) is 5.11 Å². The van der Waals surface area contributed by atoms with Crippen molar-refractivity contribution < 1.29 is 33.3 Å². The third-order valence-corrected chi connectivity index (χ3v) is 3.78. The summed E-state index contributed by atoms with van der Waals surface area (Å²) in [7, 11) is 0. The van der Waals surface area contributed by atoms with Gasteiger partial charge in [-0.3, -0.25) is 14.4 Å². The lowest BCUT2D eigenvalue weighted by Crippen LogP contribution is -2.58. The van der Waals surface area contributed by atoms with Gasteiger partial charge >= 0.3 is 17.9 Å². The first-order valence-electron chi connectivity index (χ1n) is 6.57. The molecular weight excluding hydrogens is 378 g/mol. The van der Waals surface area contributed by atoms with Gasteiger partial charge in [0.15, 0.2) is 18.4 Å². The SMILES string of the molecule is CC(=O)OC[C@H]1O[C@H](N=[N+]=[N-])[C@H](Br)[C@@H](OC(C)=O)[C@H]1OC(C)=O. The third kappa shape index (κ3) is 5.70. The number of nitrogens with zero attached hydrogens (tertiary/aromatic N) is 3. The third-order valence-electron chi connectivity index (χ3n) is 2.81. The van der Waals surface area contributed by atoms with Gasteiger partial charge in [0, 0.05) is 25.7 Å². The van der Waals surface area contributed by atoms with Crippen molar-refractivity contribution in [3.8, 4) is 0 Å². The van der Waals surface area contributed by atoms with E-state index in [-0.39, 0.29) is 6.61 Å². The predicted octanol–water partition coefficient (Wildman–Crippen LogP) is 1.21. The first kappa shape index (κ1) is 19.2. The van der Waals surface area contributed by atoms with Crippen LogP contribution in [0.3, 0.4) is 0 Å². The van der Waals surface area contributed by atoms with E-state index in [4.69, 9.17) is 24.5 Å². The molecule has 0 N–H and O–H groups in total. The Morgan fingerprint density at radius 1 is 1.13 bits per heavy atom. The molecule has 10 nitrogen and oxygen atoms in total. The van der Waals surface area contributed by atoms with Crippen LogP contribution in [0.2, 0.25) is 0 Å². The standard InChI is InChI=1S/C12H16BrN3O7/c1-5(17)20-4-8-10(21-6(2)18)11(22-7(3)19)9(13)12(23-8)15-16-14/h8-12H,4H2,1-3H3/t8-,9-,10+,11-,12+/m1/s1. The first-order chi connectivity index (χ1) is 10.8. The number of carbonyl (C=O) groups excluding carboxylic acids is 3. The molecule has 0 aromatic carbocycles. The number of esters is 3. The van der Waals surface area contributed by atoms with Crippen LogP contribution >= 0.6 is 15.9 Å². The van der Waals surface area contributed by atoms with E-state index in [2.05, 4.69) is 26.0 Å². The fraction of sp³-hybridized carbons (Fsp3) is 0.750. The molecule has 1 aliphatic rings. The second kappa shape index (κ2) is 8.70. The van der Waals surface area contributed by atoms with Crippen LogP contribution in [0, 0.1) is 0 Å². The molecule has 11 heteroatoms. The van der Waals surface area contributed by atoms with Gasteiger partial charge in [-0.15, -0.1) is 0 Å². The van der Waals surface area contributed by atoms with Crippen molar-refractivity contribution in [2.75, 3.05) is 6.61 Å². The molecule has 0 bridgehead atoms. The van der Waals surface area contributed by atoms with Crippen molar-refractivity contribution in [2.45, 2.75) is 50.1 Å². The summed E-state index contributed by atoms with van der Waals surface area (Å²) in [6.45, 7) is 3.30. The number of rotatable bonds is 5. The average Bonchev–Trinajstić information content (AvgIpc) is 2.43. The van der Waals surface area contributed by atoms with Crippen LogP contribution in [-0.4, -0.2) is 53.9 Å². The number of azide groups is 1. The van der Waals surface area contributed by atoms with E-state index in [0.29, 0.717) is 0 Å². The van der Waals surface area contributed by atoms with E-state index < -0.39 is 47.3 Å². The minimum Gasteiger partial charge on any atom is -0.463 e. The Labute approximate surface area is 140 Å². The van der Waals surface area contributed by atoms with Crippen molar-refractivity contribution in [1.29, 1.82) is 0 Å². The highest BCUT2D eigenvalue weighted by Crippen LogP contribution is 2.32. The predicted molar refractivity (Wildman–Crippen MR) is 78.3 cm³/mol. The van der Waals surface area contributed by atoms with Gasteiger partial charge in [0.2, 0.25) is 0 Å². The van der Waals surface area contributed by atoms with Gasteiger partial charge in [-0.05, 0) is 5.53 Å². The van der Waals surface area contributed by atoms with Crippen molar-refractivity contribution >= 4 is 33.8 Å². The molecule has 1 fully saturated rings. The summed E-state index contributed by atoms with van der Waals surface area (Å²) in [4.78, 5) is 35.5. The Morgan fingerprint density at radius 3 is 2.17 bits per heavy atom.